The summed E-state index contributed by atoms with van der Waals surface area (Å²) in [5, 5.41) is 0. The van der Waals surface area contributed by atoms with Crippen LogP contribution < -0.4 is 10.2 Å². The van der Waals surface area contributed by atoms with E-state index in [2.05, 4.69) is 27.7 Å². The highest BCUT2D eigenvalue weighted by molar-refractivity contribution is 6.62. The number of ether oxygens (including phenoxy) is 1. The fourth-order valence-electron chi connectivity index (χ4n) is 3.29. The monoisotopic (exact) mass is 330 g/mol. The molecule has 1 aromatic rings. The summed E-state index contributed by atoms with van der Waals surface area (Å²) in [6.07, 6.45) is 5.09. The lowest BCUT2D eigenvalue weighted by molar-refractivity contribution is -0.112. The van der Waals surface area contributed by atoms with Crippen molar-refractivity contribution < 1.29 is 18.8 Å². The average Bonchev–Trinajstić information content (AvgIpc) is 2.76. The first-order valence-electron chi connectivity index (χ1n) is 8.88. The SMILES string of the molecule is CC1(C)OB(c2ccc(OC3CCCC(C=O)C3)cc2)OC1(C)C. The van der Waals surface area contributed by atoms with Gasteiger partial charge in [-0.3, -0.25) is 0 Å². The summed E-state index contributed by atoms with van der Waals surface area (Å²) < 4.78 is 18.2. The molecular formula is C19H27BO4. The zero-order valence-electron chi connectivity index (χ0n) is 15.1. The van der Waals surface area contributed by atoms with Crippen molar-refractivity contribution in [2.45, 2.75) is 70.7 Å². The van der Waals surface area contributed by atoms with Crippen LogP contribution in [-0.4, -0.2) is 30.7 Å². The zero-order valence-corrected chi connectivity index (χ0v) is 15.1. The van der Waals surface area contributed by atoms with Crippen LogP contribution in [0.5, 0.6) is 5.75 Å². The van der Waals surface area contributed by atoms with Gasteiger partial charge in [0.2, 0.25) is 0 Å². The molecule has 2 fully saturated rings. The van der Waals surface area contributed by atoms with E-state index in [0.29, 0.717) is 0 Å². The summed E-state index contributed by atoms with van der Waals surface area (Å²) in [4.78, 5) is 11.0. The van der Waals surface area contributed by atoms with Gasteiger partial charge < -0.3 is 18.8 Å². The zero-order chi connectivity index (χ0) is 17.4. The first-order valence-corrected chi connectivity index (χ1v) is 8.88. The number of hydrogen-bond donors (Lipinski definition) is 0. The van der Waals surface area contributed by atoms with Crippen molar-refractivity contribution in [3.63, 3.8) is 0 Å². The van der Waals surface area contributed by atoms with Gasteiger partial charge in [-0.25, -0.2) is 0 Å². The predicted octanol–water partition coefficient (Wildman–Crippen LogP) is 3.12. The lowest BCUT2D eigenvalue weighted by Gasteiger charge is -2.32. The summed E-state index contributed by atoms with van der Waals surface area (Å²) in [7, 11) is -0.349. The standard InChI is InChI=1S/C19H27BO4/c1-18(2)19(3,4)24-20(23-18)15-8-10-16(11-9-15)22-17-7-5-6-14(12-17)13-21/h8-11,13-14,17H,5-7,12H2,1-4H3. The van der Waals surface area contributed by atoms with E-state index in [9.17, 15) is 4.79 Å². The van der Waals surface area contributed by atoms with Gasteiger partial charge in [-0.2, -0.15) is 0 Å². The summed E-state index contributed by atoms with van der Waals surface area (Å²) in [6, 6.07) is 7.92. The molecule has 0 N–H and O–H groups in total. The highest BCUT2D eigenvalue weighted by Gasteiger charge is 2.51. The van der Waals surface area contributed by atoms with Crippen molar-refractivity contribution in [2.24, 2.45) is 5.92 Å². The van der Waals surface area contributed by atoms with Crippen LogP contribution in [0.25, 0.3) is 0 Å². The van der Waals surface area contributed by atoms with Gasteiger partial charge in [0.05, 0.1) is 17.3 Å². The Morgan fingerprint density at radius 2 is 1.71 bits per heavy atom. The molecule has 2 unspecified atom stereocenters. The lowest BCUT2D eigenvalue weighted by atomic mass is 9.79. The number of carbonyl (C=O) groups excluding carboxylic acids is 1. The third-order valence-electron chi connectivity index (χ3n) is 5.57. The van der Waals surface area contributed by atoms with E-state index in [-0.39, 0.29) is 30.3 Å². The summed E-state index contributed by atoms with van der Waals surface area (Å²) >= 11 is 0. The molecule has 1 aromatic carbocycles. The van der Waals surface area contributed by atoms with E-state index in [4.69, 9.17) is 14.0 Å². The summed E-state index contributed by atoms with van der Waals surface area (Å²) in [6.45, 7) is 8.21. The van der Waals surface area contributed by atoms with Crippen molar-refractivity contribution in [2.75, 3.05) is 0 Å². The van der Waals surface area contributed by atoms with Crippen molar-refractivity contribution in [1.29, 1.82) is 0 Å². The molecule has 0 amide bonds. The maximum atomic E-state index is 11.0. The number of rotatable bonds is 4. The van der Waals surface area contributed by atoms with Crippen LogP contribution in [0.2, 0.25) is 0 Å². The van der Waals surface area contributed by atoms with E-state index in [1.54, 1.807) is 0 Å². The van der Waals surface area contributed by atoms with E-state index in [1.165, 1.54) is 0 Å². The molecule has 24 heavy (non-hydrogen) atoms. The van der Waals surface area contributed by atoms with Gasteiger partial charge in [-0.1, -0.05) is 12.1 Å². The number of carbonyl (C=O) groups is 1. The molecule has 1 aliphatic carbocycles. The molecule has 0 spiro atoms. The molecule has 2 aliphatic rings. The van der Waals surface area contributed by atoms with Crippen molar-refractivity contribution in [3.8, 4) is 5.75 Å². The van der Waals surface area contributed by atoms with Crippen LogP contribution in [0.1, 0.15) is 53.4 Å². The van der Waals surface area contributed by atoms with Crippen LogP contribution in [-0.2, 0) is 14.1 Å². The third-order valence-corrected chi connectivity index (χ3v) is 5.57. The Kier molecular flexibility index (Phi) is 4.76. The molecule has 3 rings (SSSR count). The molecule has 0 aromatic heterocycles. The maximum Gasteiger partial charge on any atom is 0.494 e. The Balaban J connectivity index is 1.63. The maximum absolute atomic E-state index is 11.0. The van der Waals surface area contributed by atoms with Gasteiger partial charge in [0.15, 0.2) is 0 Å². The summed E-state index contributed by atoms with van der Waals surface area (Å²) in [5.41, 5.74) is 0.327. The Morgan fingerprint density at radius 3 is 2.29 bits per heavy atom. The molecule has 2 atom stereocenters. The van der Waals surface area contributed by atoms with Crippen LogP contribution in [0, 0.1) is 5.92 Å². The Bertz CT molecular complexity index is 566. The Labute approximate surface area is 145 Å². The molecule has 130 valence electrons. The minimum Gasteiger partial charge on any atom is -0.490 e. The quantitative estimate of drug-likeness (QED) is 0.628. The largest absolute Gasteiger partial charge is 0.494 e. The van der Waals surface area contributed by atoms with Gasteiger partial charge in [0, 0.05) is 5.92 Å². The fourth-order valence-corrected chi connectivity index (χ4v) is 3.29. The average molecular weight is 330 g/mol. The van der Waals surface area contributed by atoms with Crippen molar-refractivity contribution >= 4 is 18.9 Å². The molecule has 1 heterocycles. The van der Waals surface area contributed by atoms with Crippen LogP contribution in [0.15, 0.2) is 24.3 Å². The predicted molar refractivity (Wildman–Crippen MR) is 94.6 cm³/mol. The van der Waals surface area contributed by atoms with Crippen LogP contribution >= 0.6 is 0 Å². The molecule has 1 saturated heterocycles. The van der Waals surface area contributed by atoms with Gasteiger partial charge >= 0.3 is 7.12 Å². The summed E-state index contributed by atoms with van der Waals surface area (Å²) in [5.74, 6) is 0.986. The second kappa shape index (κ2) is 6.53. The van der Waals surface area contributed by atoms with E-state index < -0.39 is 0 Å². The second-order valence-corrected chi connectivity index (χ2v) is 7.96. The van der Waals surface area contributed by atoms with E-state index in [1.807, 2.05) is 24.3 Å². The van der Waals surface area contributed by atoms with Crippen LogP contribution in [0.4, 0.5) is 0 Å². The van der Waals surface area contributed by atoms with Gasteiger partial charge in [-0.15, -0.1) is 0 Å². The molecule has 0 bridgehead atoms. The highest BCUT2D eigenvalue weighted by atomic mass is 16.7. The van der Waals surface area contributed by atoms with Crippen LogP contribution in [0.3, 0.4) is 0 Å². The van der Waals surface area contributed by atoms with Gasteiger partial charge in [0.25, 0.3) is 0 Å². The Hall–Kier alpha value is -1.33. The minimum atomic E-state index is -0.349. The normalized spacial score (nSPS) is 28.6. The number of hydrogen-bond acceptors (Lipinski definition) is 4. The lowest BCUT2D eigenvalue weighted by Crippen LogP contribution is -2.41. The fraction of sp³-hybridized carbons (Fsp3) is 0.632. The molecule has 0 radical (unpaired) electrons. The molecule has 1 saturated carbocycles. The minimum absolute atomic E-state index is 0.136. The Morgan fingerprint density at radius 1 is 1.08 bits per heavy atom. The van der Waals surface area contributed by atoms with Gasteiger partial charge in [0.1, 0.15) is 12.0 Å². The highest BCUT2D eigenvalue weighted by Crippen LogP contribution is 2.36. The van der Waals surface area contributed by atoms with Crippen molar-refractivity contribution in [1.82, 2.24) is 0 Å². The first-order chi connectivity index (χ1) is 11.3. The molecular weight excluding hydrogens is 303 g/mol. The number of aldehydes is 1. The third kappa shape index (κ3) is 3.52. The smallest absolute Gasteiger partial charge is 0.490 e. The number of benzene rings is 1. The topological polar surface area (TPSA) is 44.8 Å². The van der Waals surface area contributed by atoms with Crippen molar-refractivity contribution in [3.05, 3.63) is 24.3 Å². The van der Waals surface area contributed by atoms with E-state index in [0.717, 1.165) is 43.2 Å². The van der Waals surface area contributed by atoms with Gasteiger partial charge in [-0.05, 0) is 71.0 Å². The second-order valence-electron chi connectivity index (χ2n) is 7.96. The van der Waals surface area contributed by atoms with E-state index >= 15 is 0 Å². The first kappa shape index (κ1) is 17.5. The molecule has 1 aliphatic heterocycles. The molecule has 4 nitrogen and oxygen atoms in total. The molecule has 5 heteroatoms.